The first-order valence-corrected chi connectivity index (χ1v) is 9.40. The summed E-state index contributed by atoms with van der Waals surface area (Å²) in [6, 6.07) is 10.6. The summed E-state index contributed by atoms with van der Waals surface area (Å²) < 4.78 is 26.1. The second-order valence-electron chi connectivity index (χ2n) is 7.19. The van der Waals surface area contributed by atoms with Gasteiger partial charge in [0.25, 0.3) is 5.91 Å². The minimum Gasteiger partial charge on any atom is -0.356 e. The van der Waals surface area contributed by atoms with Crippen LogP contribution in [0.25, 0.3) is 0 Å². The fourth-order valence-corrected chi connectivity index (χ4v) is 2.54. The Morgan fingerprint density at radius 2 is 1.55 bits per heavy atom. The maximum absolute atomic E-state index is 13.1. The standard InChI is InChI=1S/C21H27F2N5O/c1-13(2)12-26-21(28-20(29)15-5-9-17(23)10-6-15)27-19(25)11-18(24)14-3-7-16(22)8-4-14/h3-10,13,18-19H,11-12,24-25H2,1-2H3,(H2,26,27,28,29). The van der Waals surface area contributed by atoms with Gasteiger partial charge in [-0.25, -0.2) is 8.78 Å². The van der Waals surface area contributed by atoms with Crippen molar-refractivity contribution in [2.75, 3.05) is 6.54 Å². The van der Waals surface area contributed by atoms with E-state index in [1.807, 2.05) is 13.8 Å². The van der Waals surface area contributed by atoms with E-state index in [4.69, 9.17) is 11.5 Å². The molecule has 1 amide bonds. The van der Waals surface area contributed by atoms with E-state index in [0.29, 0.717) is 18.9 Å². The van der Waals surface area contributed by atoms with Crippen LogP contribution in [0.1, 0.15) is 42.2 Å². The molecular formula is C21H27F2N5O. The molecule has 0 aromatic heterocycles. The summed E-state index contributed by atoms with van der Waals surface area (Å²) in [6.45, 7) is 4.59. The minimum atomic E-state index is -0.602. The van der Waals surface area contributed by atoms with Gasteiger partial charge in [0, 0.05) is 18.2 Å². The number of benzene rings is 2. The summed E-state index contributed by atoms with van der Waals surface area (Å²) in [5.74, 6) is -0.778. The lowest BCUT2D eigenvalue weighted by atomic mass is 10.0. The highest BCUT2D eigenvalue weighted by Crippen LogP contribution is 2.15. The van der Waals surface area contributed by atoms with Gasteiger partial charge in [0.1, 0.15) is 11.6 Å². The largest absolute Gasteiger partial charge is 0.356 e. The average Bonchev–Trinajstić information content (AvgIpc) is 2.66. The molecule has 0 saturated heterocycles. The normalized spacial score (nSPS) is 13.8. The third-order valence-corrected chi connectivity index (χ3v) is 4.11. The maximum atomic E-state index is 13.1. The highest BCUT2D eigenvalue weighted by molar-refractivity contribution is 6.02. The Bertz CT molecular complexity index is 822. The number of hydrogen-bond donors (Lipinski definition) is 4. The van der Waals surface area contributed by atoms with Crippen molar-refractivity contribution in [3.05, 3.63) is 71.3 Å². The van der Waals surface area contributed by atoms with Crippen molar-refractivity contribution in [1.82, 2.24) is 10.6 Å². The molecule has 0 aliphatic rings. The predicted octanol–water partition coefficient (Wildman–Crippen LogP) is 2.67. The molecule has 6 nitrogen and oxygen atoms in total. The van der Waals surface area contributed by atoms with Gasteiger partial charge in [-0.1, -0.05) is 26.0 Å². The zero-order chi connectivity index (χ0) is 21.4. The van der Waals surface area contributed by atoms with Gasteiger partial charge in [0.15, 0.2) is 0 Å². The molecule has 2 unspecified atom stereocenters. The van der Waals surface area contributed by atoms with Gasteiger partial charge in [-0.2, -0.15) is 4.99 Å². The summed E-state index contributed by atoms with van der Waals surface area (Å²) in [7, 11) is 0. The summed E-state index contributed by atoms with van der Waals surface area (Å²) in [5.41, 5.74) is 13.3. The highest BCUT2D eigenvalue weighted by atomic mass is 19.1. The Morgan fingerprint density at radius 1 is 1.00 bits per heavy atom. The van der Waals surface area contributed by atoms with Crippen molar-refractivity contribution >= 4 is 11.9 Å². The van der Waals surface area contributed by atoms with E-state index in [2.05, 4.69) is 15.6 Å². The summed E-state index contributed by atoms with van der Waals surface area (Å²) >= 11 is 0. The maximum Gasteiger partial charge on any atom is 0.280 e. The van der Waals surface area contributed by atoms with E-state index < -0.39 is 23.9 Å². The van der Waals surface area contributed by atoms with Gasteiger partial charge in [0.05, 0.1) is 6.17 Å². The van der Waals surface area contributed by atoms with E-state index in [0.717, 1.165) is 5.56 Å². The molecule has 0 aliphatic heterocycles. The molecule has 0 heterocycles. The number of aliphatic imine (C=N–C) groups is 1. The summed E-state index contributed by atoms with van der Waals surface area (Å²) in [5, 5.41) is 6.02. The lowest BCUT2D eigenvalue weighted by Crippen LogP contribution is -2.49. The molecule has 2 rings (SSSR count). The molecule has 0 fully saturated rings. The second kappa shape index (κ2) is 10.6. The molecule has 0 saturated carbocycles. The van der Waals surface area contributed by atoms with E-state index in [9.17, 15) is 13.6 Å². The third-order valence-electron chi connectivity index (χ3n) is 4.11. The molecule has 2 aromatic rings. The molecule has 0 aliphatic carbocycles. The van der Waals surface area contributed by atoms with E-state index in [1.54, 1.807) is 12.1 Å². The smallest absolute Gasteiger partial charge is 0.280 e. The lowest BCUT2D eigenvalue weighted by molar-refractivity contribution is 0.100. The van der Waals surface area contributed by atoms with Crippen LogP contribution in [0.3, 0.4) is 0 Å². The van der Waals surface area contributed by atoms with E-state index in [-0.39, 0.29) is 17.3 Å². The molecule has 0 radical (unpaired) electrons. The molecular weight excluding hydrogens is 376 g/mol. The number of nitrogens with two attached hydrogens (primary N) is 2. The average molecular weight is 403 g/mol. The number of halogens is 2. The summed E-state index contributed by atoms with van der Waals surface area (Å²) in [6.07, 6.45) is -0.270. The zero-order valence-corrected chi connectivity index (χ0v) is 16.5. The third kappa shape index (κ3) is 7.59. The molecule has 2 atom stereocenters. The predicted molar refractivity (Wildman–Crippen MR) is 110 cm³/mol. The fraction of sp³-hybridized carbons (Fsp3) is 0.333. The van der Waals surface area contributed by atoms with Crippen LogP contribution < -0.4 is 22.1 Å². The highest BCUT2D eigenvalue weighted by Gasteiger charge is 2.15. The van der Waals surface area contributed by atoms with Gasteiger partial charge in [-0.05, 0) is 54.3 Å². The van der Waals surface area contributed by atoms with Gasteiger partial charge < -0.3 is 22.1 Å². The first kappa shape index (κ1) is 22.4. The Kier molecular flexibility index (Phi) is 8.23. The first-order chi connectivity index (χ1) is 13.7. The molecule has 0 bridgehead atoms. The monoisotopic (exact) mass is 403 g/mol. The summed E-state index contributed by atoms with van der Waals surface area (Å²) in [4.78, 5) is 16.4. The minimum absolute atomic E-state index is 0.215. The van der Waals surface area contributed by atoms with Crippen molar-refractivity contribution in [1.29, 1.82) is 0 Å². The Balaban J connectivity index is 2.06. The van der Waals surface area contributed by atoms with Crippen LogP contribution in [0.15, 0.2) is 53.5 Å². The molecule has 0 spiro atoms. The van der Waals surface area contributed by atoms with Crippen LogP contribution in [0.5, 0.6) is 0 Å². The van der Waals surface area contributed by atoms with Gasteiger partial charge >= 0.3 is 0 Å². The van der Waals surface area contributed by atoms with Crippen LogP contribution >= 0.6 is 0 Å². The molecule has 6 N–H and O–H groups in total. The Hall–Kier alpha value is -2.84. The van der Waals surface area contributed by atoms with Crippen LogP contribution in [-0.2, 0) is 0 Å². The van der Waals surface area contributed by atoms with E-state index in [1.165, 1.54) is 36.4 Å². The number of nitrogens with one attached hydrogen (secondary N) is 2. The number of rotatable bonds is 7. The zero-order valence-electron chi connectivity index (χ0n) is 16.5. The number of carbonyl (C=O) groups is 1. The van der Waals surface area contributed by atoms with Crippen molar-refractivity contribution < 1.29 is 13.6 Å². The molecule has 2 aromatic carbocycles. The number of nitrogens with zero attached hydrogens (tertiary/aromatic N) is 1. The van der Waals surface area contributed by atoms with Crippen molar-refractivity contribution in [2.45, 2.75) is 32.5 Å². The van der Waals surface area contributed by atoms with Crippen LogP contribution in [0.4, 0.5) is 8.78 Å². The van der Waals surface area contributed by atoms with Crippen LogP contribution in [-0.4, -0.2) is 24.6 Å². The Morgan fingerprint density at radius 3 is 2.10 bits per heavy atom. The van der Waals surface area contributed by atoms with Crippen molar-refractivity contribution in [2.24, 2.45) is 22.4 Å². The number of carbonyl (C=O) groups excluding carboxylic acids is 1. The van der Waals surface area contributed by atoms with Crippen LogP contribution in [0.2, 0.25) is 0 Å². The Labute approximate surface area is 169 Å². The van der Waals surface area contributed by atoms with Gasteiger partial charge in [-0.15, -0.1) is 0 Å². The fourth-order valence-electron chi connectivity index (χ4n) is 2.54. The quantitative estimate of drug-likeness (QED) is 0.323. The first-order valence-electron chi connectivity index (χ1n) is 9.40. The number of guanidine groups is 1. The number of amides is 1. The number of hydrogen-bond acceptors (Lipinski definition) is 3. The topological polar surface area (TPSA) is 106 Å². The van der Waals surface area contributed by atoms with E-state index >= 15 is 0 Å². The second-order valence-corrected chi connectivity index (χ2v) is 7.19. The molecule has 156 valence electrons. The van der Waals surface area contributed by atoms with Crippen LogP contribution in [0, 0.1) is 17.6 Å². The van der Waals surface area contributed by atoms with Crippen molar-refractivity contribution in [3.8, 4) is 0 Å². The molecule has 8 heteroatoms. The SMILES string of the molecule is CC(C)CN/C(=N/C(=O)c1ccc(F)cc1)NC(N)CC(N)c1ccc(F)cc1. The molecule has 29 heavy (non-hydrogen) atoms. The van der Waals surface area contributed by atoms with Crippen molar-refractivity contribution in [3.63, 3.8) is 0 Å². The van der Waals surface area contributed by atoms with Gasteiger partial charge in [-0.3, -0.25) is 4.79 Å². The lowest BCUT2D eigenvalue weighted by Gasteiger charge is -2.22. The van der Waals surface area contributed by atoms with Gasteiger partial charge in [0.2, 0.25) is 5.96 Å².